The summed E-state index contributed by atoms with van der Waals surface area (Å²) in [6.45, 7) is 1.63. The minimum absolute atomic E-state index is 0.0434. The maximum absolute atomic E-state index is 11.0. The maximum atomic E-state index is 11.0. The molecule has 0 fully saturated rings. The van der Waals surface area contributed by atoms with Crippen LogP contribution >= 0.6 is 0 Å². The first-order valence-corrected chi connectivity index (χ1v) is 5.85. The SMILES string of the molecule is Cc1nn(C)c(OC(=O)O)c1Nc1ccccc1[N+](=O)[O-]. The number of nitro benzene ring substituents is 1. The van der Waals surface area contributed by atoms with E-state index >= 15 is 0 Å². The van der Waals surface area contributed by atoms with Gasteiger partial charge in [-0.2, -0.15) is 5.10 Å². The number of nitrogens with zero attached hydrogens (tertiary/aromatic N) is 3. The van der Waals surface area contributed by atoms with Gasteiger partial charge in [0.2, 0.25) is 5.88 Å². The molecule has 9 heteroatoms. The zero-order valence-corrected chi connectivity index (χ0v) is 11.2. The number of carbonyl (C=O) groups is 1. The van der Waals surface area contributed by atoms with Crippen molar-refractivity contribution in [3.63, 3.8) is 0 Å². The Balaban J connectivity index is 2.45. The van der Waals surface area contributed by atoms with E-state index in [2.05, 4.69) is 15.2 Å². The van der Waals surface area contributed by atoms with Crippen molar-refractivity contribution >= 4 is 23.2 Å². The number of para-hydroxylation sites is 2. The van der Waals surface area contributed by atoms with Gasteiger partial charge in [0.25, 0.3) is 5.69 Å². The molecule has 0 atom stereocenters. The van der Waals surface area contributed by atoms with Gasteiger partial charge < -0.3 is 15.2 Å². The van der Waals surface area contributed by atoms with Crippen molar-refractivity contribution in [2.75, 3.05) is 5.32 Å². The summed E-state index contributed by atoms with van der Waals surface area (Å²) in [6, 6.07) is 6.01. The number of aryl methyl sites for hydroxylation is 2. The molecule has 1 aromatic heterocycles. The molecule has 1 aromatic carbocycles. The Morgan fingerprint density at radius 1 is 1.48 bits per heavy atom. The first kappa shape index (κ1) is 14.3. The van der Waals surface area contributed by atoms with Gasteiger partial charge in [-0.1, -0.05) is 12.1 Å². The van der Waals surface area contributed by atoms with Gasteiger partial charge in [0.05, 0.1) is 10.6 Å². The highest BCUT2D eigenvalue weighted by Gasteiger charge is 2.21. The molecule has 0 unspecified atom stereocenters. The van der Waals surface area contributed by atoms with Crippen molar-refractivity contribution in [2.24, 2.45) is 7.05 Å². The highest BCUT2D eigenvalue weighted by molar-refractivity contribution is 5.75. The van der Waals surface area contributed by atoms with Gasteiger partial charge in [0, 0.05) is 13.1 Å². The predicted molar refractivity (Wildman–Crippen MR) is 73.0 cm³/mol. The highest BCUT2D eigenvalue weighted by Crippen LogP contribution is 2.34. The Hall–Kier alpha value is -3.10. The van der Waals surface area contributed by atoms with Gasteiger partial charge >= 0.3 is 6.16 Å². The van der Waals surface area contributed by atoms with Gasteiger partial charge in [-0.05, 0) is 13.0 Å². The highest BCUT2D eigenvalue weighted by atomic mass is 16.7. The number of hydrogen-bond donors (Lipinski definition) is 2. The molecule has 21 heavy (non-hydrogen) atoms. The molecule has 0 aliphatic carbocycles. The maximum Gasteiger partial charge on any atom is 0.512 e. The van der Waals surface area contributed by atoms with Crippen LogP contribution in [0.15, 0.2) is 24.3 Å². The van der Waals surface area contributed by atoms with Crippen LogP contribution in [0.3, 0.4) is 0 Å². The second-order valence-corrected chi connectivity index (χ2v) is 4.16. The van der Waals surface area contributed by atoms with Crippen LogP contribution < -0.4 is 10.1 Å². The Bertz CT molecular complexity index is 710. The summed E-state index contributed by atoms with van der Waals surface area (Å²) in [5, 5.41) is 26.6. The standard InChI is InChI=1S/C12H12N4O5/c1-7-10(11(15(2)14-7)21-12(17)18)13-8-5-3-4-6-9(8)16(19)20/h3-6,13H,1-2H3,(H,17,18). The summed E-state index contributed by atoms with van der Waals surface area (Å²) >= 11 is 0. The van der Waals surface area contributed by atoms with Crippen LogP contribution in [0.1, 0.15) is 5.69 Å². The quantitative estimate of drug-likeness (QED) is 0.504. The van der Waals surface area contributed by atoms with Crippen LogP contribution in [-0.2, 0) is 7.05 Å². The van der Waals surface area contributed by atoms with Crippen molar-refractivity contribution in [3.8, 4) is 5.88 Å². The number of nitro groups is 1. The fraction of sp³-hybridized carbons (Fsp3) is 0.167. The lowest BCUT2D eigenvalue weighted by Gasteiger charge is -2.08. The molecule has 1 heterocycles. The lowest BCUT2D eigenvalue weighted by molar-refractivity contribution is -0.383. The number of ether oxygens (including phenoxy) is 1. The van der Waals surface area contributed by atoms with E-state index in [4.69, 9.17) is 5.11 Å². The number of aromatic nitrogens is 2. The predicted octanol–water partition coefficient (Wildman–Crippen LogP) is 2.44. The van der Waals surface area contributed by atoms with E-state index in [1.54, 1.807) is 13.0 Å². The number of hydrogen-bond acceptors (Lipinski definition) is 6. The third kappa shape index (κ3) is 2.91. The minimum atomic E-state index is -1.50. The monoisotopic (exact) mass is 292 g/mol. The number of anilines is 2. The van der Waals surface area contributed by atoms with Crippen LogP contribution in [0.5, 0.6) is 5.88 Å². The van der Waals surface area contributed by atoms with Crippen molar-refractivity contribution in [2.45, 2.75) is 6.92 Å². The van der Waals surface area contributed by atoms with Gasteiger partial charge in [-0.25, -0.2) is 9.48 Å². The molecule has 0 bridgehead atoms. The zero-order valence-electron chi connectivity index (χ0n) is 11.2. The van der Waals surface area contributed by atoms with E-state index < -0.39 is 11.1 Å². The summed E-state index contributed by atoms with van der Waals surface area (Å²) in [4.78, 5) is 21.2. The normalized spacial score (nSPS) is 10.2. The first-order valence-electron chi connectivity index (χ1n) is 5.85. The largest absolute Gasteiger partial charge is 0.512 e. The van der Waals surface area contributed by atoms with Gasteiger partial charge in [-0.3, -0.25) is 10.1 Å². The Kier molecular flexibility index (Phi) is 3.74. The Morgan fingerprint density at radius 3 is 2.76 bits per heavy atom. The average Bonchev–Trinajstić information content (AvgIpc) is 2.65. The molecule has 0 radical (unpaired) electrons. The summed E-state index contributed by atoms with van der Waals surface area (Å²) in [5.41, 5.74) is 0.789. The van der Waals surface area contributed by atoms with Crippen LogP contribution in [0.25, 0.3) is 0 Å². The molecule has 0 saturated carbocycles. The van der Waals surface area contributed by atoms with Crippen LogP contribution in [0.4, 0.5) is 21.9 Å². The molecule has 110 valence electrons. The molecule has 0 spiro atoms. The van der Waals surface area contributed by atoms with E-state index in [0.717, 1.165) is 0 Å². The fourth-order valence-corrected chi connectivity index (χ4v) is 1.85. The van der Waals surface area contributed by atoms with Gasteiger partial charge in [0.15, 0.2) is 0 Å². The lowest BCUT2D eigenvalue weighted by atomic mass is 10.2. The second-order valence-electron chi connectivity index (χ2n) is 4.16. The molecular formula is C12H12N4O5. The van der Waals surface area contributed by atoms with E-state index in [1.165, 1.54) is 29.9 Å². The number of rotatable bonds is 4. The first-order chi connectivity index (χ1) is 9.90. The Morgan fingerprint density at radius 2 is 2.14 bits per heavy atom. The molecule has 0 aliphatic heterocycles. The minimum Gasteiger partial charge on any atom is -0.449 e. The third-order valence-electron chi connectivity index (χ3n) is 2.71. The summed E-state index contributed by atoms with van der Waals surface area (Å²) < 4.78 is 5.89. The van der Waals surface area contributed by atoms with Crippen LogP contribution in [-0.4, -0.2) is 26.0 Å². The molecule has 9 nitrogen and oxygen atoms in total. The van der Waals surface area contributed by atoms with Crippen molar-refractivity contribution in [3.05, 3.63) is 40.1 Å². The Labute approximate surface area is 118 Å². The fourth-order valence-electron chi connectivity index (χ4n) is 1.85. The topological polar surface area (TPSA) is 120 Å². The lowest BCUT2D eigenvalue weighted by Crippen LogP contribution is -2.08. The van der Waals surface area contributed by atoms with Gasteiger partial charge in [0.1, 0.15) is 11.4 Å². The summed E-state index contributed by atoms with van der Waals surface area (Å²) in [7, 11) is 1.51. The summed E-state index contributed by atoms with van der Waals surface area (Å²) in [6.07, 6.45) is -1.50. The van der Waals surface area contributed by atoms with Crippen LogP contribution in [0.2, 0.25) is 0 Å². The second kappa shape index (κ2) is 5.49. The van der Waals surface area contributed by atoms with Crippen molar-refractivity contribution in [1.82, 2.24) is 9.78 Å². The number of benzene rings is 1. The number of nitrogens with one attached hydrogen (secondary N) is 1. The molecule has 0 amide bonds. The van der Waals surface area contributed by atoms with Crippen molar-refractivity contribution in [1.29, 1.82) is 0 Å². The molecule has 0 saturated heterocycles. The van der Waals surface area contributed by atoms with E-state index in [0.29, 0.717) is 5.69 Å². The summed E-state index contributed by atoms with van der Waals surface area (Å²) in [5.74, 6) is -0.0434. The average molecular weight is 292 g/mol. The molecule has 2 N–H and O–H groups in total. The molecule has 2 rings (SSSR count). The van der Waals surface area contributed by atoms with E-state index in [9.17, 15) is 14.9 Å². The third-order valence-corrected chi connectivity index (χ3v) is 2.71. The molecular weight excluding hydrogens is 280 g/mol. The molecule has 0 aliphatic rings. The van der Waals surface area contributed by atoms with Crippen molar-refractivity contribution < 1.29 is 19.6 Å². The number of carboxylic acid groups (broad SMARTS) is 1. The zero-order chi connectivity index (χ0) is 15.6. The van der Waals surface area contributed by atoms with Crippen LogP contribution in [0, 0.1) is 17.0 Å². The smallest absolute Gasteiger partial charge is 0.449 e. The van der Waals surface area contributed by atoms with Gasteiger partial charge in [-0.15, -0.1) is 0 Å². The van der Waals surface area contributed by atoms with E-state index in [1.807, 2.05) is 0 Å². The molecule has 2 aromatic rings. The van der Waals surface area contributed by atoms with E-state index in [-0.39, 0.29) is 22.9 Å².